The third-order valence-electron chi connectivity index (χ3n) is 3.86. The van der Waals surface area contributed by atoms with Gasteiger partial charge in [-0.2, -0.15) is 0 Å². The van der Waals surface area contributed by atoms with Gasteiger partial charge in [0.15, 0.2) is 0 Å². The van der Waals surface area contributed by atoms with E-state index in [4.69, 9.17) is 0 Å². The van der Waals surface area contributed by atoms with Crippen LogP contribution < -0.4 is 10.6 Å². The van der Waals surface area contributed by atoms with Crippen molar-refractivity contribution in [2.45, 2.75) is 52.0 Å². The molecule has 1 fully saturated rings. The summed E-state index contributed by atoms with van der Waals surface area (Å²) in [4.78, 5) is 12.4. The van der Waals surface area contributed by atoms with Crippen molar-refractivity contribution in [2.24, 2.45) is 0 Å². The minimum atomic E-state index is 0.00283. The Bertz CT molecular complexity index is 464. The van der Waals surface area contributed by atoms with Crippen molar-refractivity contribution in [1.29, 1.82) is 0 Å². The van der Waals surface area contributed by atoms with Gasteiger partial charge in [0.25, 0.3) is 5.91 Å². The molecule has 0 saturated heterocycles. The van der Waals surface area contributed by atoms with Crippen LogP contribution in [0, 0.1) is 6.92 Å². The third-order valence-corrected chi connectivity index (χ3v) is 3.86. The van der Waals surface area contributed by atoms with Gasteiger partial charge in [-0.25, -0.2) is 0 Å². The van der Waals surface area contributed by atoms with Crippen LogP contribution in [0.5, 0.6) is 0 Å². The molecule has 19 heavy (non-hydrogen) atoms. The van der Waals surface area contributed by atoms with Crippen LogP contribution in [-0.4, -0.2) is 18.0 Å². The number of aryl methyl sites for hydroxylation is 1. The highest BCUT2D eigenvalue weighted by Gasteiger charge is 2.33. The third kappa shape index (κ3) is 3.28. The molecule has 3 heteroatoms. The molecule has 3 nitrogen and oxygen atoms in total. The fraction of sp³-hybridized carbons (Fsp3) is 0.562. The maximum Gasteiger partial charge on any atom is 0.253 e. The summed E-state index contributed by atoms with van der Waals surface area (Å²) in [7, 11) is 0. The highest BCUT2D eigenvalue weighted by atomic mass is 16.1. The van der Waals surface area contributed by atoms with Gasteiger partial charge < -0.3 is 10.6 Å². The van der Waals surface area contributed by atoms with Gasteiger partial charge in [0.1, 0.15) is 0 Å². The number of hydrogen-bond donors (Lipinski definition) is 2. The van der Waals surface area contributed by atoms with E-state index in [-0.39, 0.29) is 11.4 Å². The molecule has 104 valence electrons. The van der Waals surface area contributed by atoms with E-state index in [1.54, 1.807) is 0 Å². The Labute approximate surface area is 115 Å². The van der Waals surface area contributed by atoms with Crippen LogP contribution in [0.2, 0.25) is 0 Å². The summed E-state index contributed by atoms with van der Waals surface area (Å²) in [6.45, 7) is 7.16. The lowest BCUT2D eigenvalue weighted by Crippen LogP contribution is -2.51. The molecule has 0 atom stereocenters. The molecule has 0 radical (unpaired) electrons. The molecule has 0 unspecified atom stereocenters. The monoisotopic (exact) mass is 260 g/mol. The molecule has 1 amide bonds. The molecule has 1 saturated carbocycles. The molecule has 0 bridgehead atoms. The molecule has 1 aromatic rings. The number of anilines is 1. The first kappa shape index (κ1) is 13.9. The van der Waals surface area contributed by atoms with E-state index in [1.807, 2.05) is 25.1 Å². The zero-order chi connectivity index (χ0) is 13.9. The molecular weight excluding hydrogens is 236 g/mol. The molecule has 2 N–H and O–H groups in total. The highest BCUT2D eigenvalue weighted by Crippen LogP contribution is 2.31. The Balaban J connectivity index is 2.16. The molecule has 0 aliphatic heterocycles. The Morgan fingerprint density at radius 3 is 2.68 bits per heavy atom. The summed E-state index contributed by atoms with van der Waals surface area (Å²) >= 11 is 0. The average molecular weight is 260 g/mol. The van der Waals surface area contributed by atoms with E-state index >= 15 is 0 Å². The first-order chi connectivity index (χ1) is 9.04. The molecule has 1 aliphatic rings. The van der Waals surface area contributed by atoms with Crippen molar-refractivity contribution in [2.75, 3.05) is 11.9 Å². The summed E-state index contributed by atoms with van der Waals surface area (Å²) in [5.41, 5.74) is 2.82. The zero-order valence-corrected chi connectivity index (χ0v) is 12.2. The second-order valence-electron chi connectivity index (χ2n) is 5.84. The molecule has 0 spiro atoms. The number of nitrogens with one attached hydrogen (secondary N) is 2. The fourth-order valence-electron chi connectivity index (χ4n) is 2.43. The van der Waals surface area contributed by atoms with Crippen LogP contribution in [0.1, 0.15) is 55.5 Å². The Morgan fingerprint density at radius 2 is 2.11 bits per heavy atom. The van der Waals surface area contributed by atoms with Crippen molar-refractivity contribution in [3.8, 4) is 0 Å². The van der Waals surface area contributed by atoms with Gasteiger partial charge in [0, 0.05) is 17.8 Å². The maximum atomic E-state index is 12.4. The molecule has 0 heterocycles. The van der Waals surface area contributed by atoms with Gasteiger partial charge in [-0.05, 0) is 51.7 Å². The van der Waals surface area contributed by atoms with Crippen LogP contribution >= 0.6 is 0 Å². The van der Waals surface area contributed by atoms with E-state index in [9.17, 15) is 4.79 Å². The lowest BCUT2D eigenvalue weighted by Gasteiger charge is -2.39. The van der Waals surface area contributed by atoms with Gasteiger partial charge in [-0.15, -0.1) is 0 Å². The number of carbonyl (C=O) groups is 1. The quantitative estimate of drug-likeness (QED) is 0.851. The predicted molar refractivity (Wildman–Crippen MR) is 79.7 cm³/mol. The predicted octanol–water partition coefficient (Wildman–Crippen LogP) is 3.49. The minimum Gasteiger partial charge on any atom is -0.384 e. The molecule has 2 rings (SSSR count). The summed E-state index contributed by atoms with van der Waals surface area (Å²) in [5.74, 6) is 0.0458. The summed E-state index contributed by atoms with van der Waals surface area (Å²) in [6, 6.07) is 6.01. The molecule has 1 aliphatic carbocycles. The van der Waals surface area contributed by atoms with E-state index in [0.29, 0.717) is 0 Å². The largest absolute Gasteiger partial charge is 0.384 e. The summed E-state index contributed by atoms with van der Waals surface area (Å²) in [6.07, 6.45) is 4.43. The summed E-state index contributed by atoms with van der Waals surface area (Å²) in [5, 5.41) is 6.51. The maximum absolute atomic E-state index is 12.4. The van der Waals surface area contributed by atoms with Gasteiger partial charge in [0.05, 0.1) is 5.56 Å². The van der Waals surface area contributed by atoms with E-state index in [0.717, 1.165) is 42.6 Å². The van der Waals surface area contributed by atoms with Crippen molar-refractivity contribution in [3.05, 3.63) is 29.3 Å². The first-order valence-electron chi connectivity index (χ1n) is 7.21. The first-order valence-corrected chi connectivity index (χ1v) is 7.21. The Hall–Kier alpha value is -1.51. The van der Waals surface area contributed by atoms with Crippen LogP contribution in [-0.2, 0) is 0 Å². The minimum absolute atomic E-state index is 0.00283. The van der Waals surface area contributed by atoms with Gasteiger partial charge >= 0.3 is 0 Å². The van der Waals surface area contributed by atoms with Crippen LogP contribution in [0.4, 0.5) is 5.69 Å². The second-order valence-corrected chi connectivity index (χ2v) is 5.84. The van der Waals surface area contributed by atoms with Crippen molar-refractivity contribution in [1.82, 2.24) is 5.32 Å². The second kappa shape index (κ2) is 5.64. The number of carbonyl (C=O) groups excluding carboxylic acids is 1. The summed E-state index contributed by atoms with van der Waals surface area (Å²) < 4.78 is 0. The van der Waals surface area contributed by atoms with E-state index < -0.39 is 0 Å². The highest BCUT2D eigenvalue weighted by molar-refractivity contribution is 6.00. The Kier molecular flexibility index (Phi) is 4.13. The smallest absolute Gasteiger partial charge is 0.253 e. The number of amides is 1. The van der Waals surface area contributed by atoms with Crippen molar-refractivity contribution >= 4 is 11.6 Å². The van der Waals surface area contributed by atoms with E-state index in [2.05, 4.69) is 24.5 Å². The van der Waals surface area contributed by atoms with Crippen molar-refractivity contribution in [3.63, 3.8) is 0 Å². The van der Waals surface area contributed by atoms with Crippen molar-refractivity contribution < 1.29 is 4.79 Å². The lowest BCUT2D eigenvalue weighted by atomic mass is 9.78. The number of benzene rings is 1. The zero-order valence-electron chi connectivity index (χ0n) is 12.2. The standard InChI is InChI=1S/C16H24N2O/c1-4-10-17-14-7-6-12(2)11-13(14)15(19)18-16(3)8-5-9-16/h6-7,11,17H,4-5,8-10H2,1-3H3,(H,18,19). The average Bonchev–Trinajstić information content (AvgIpc) is 2.35. The van der Waals surface area contributed by atoms with E-state index in [1.165, 1.54) is 6.42 Å². The lowest BCUT2D eigenvalue weighted by molar-refractivity contribution is 0.0851. The number of rotatable bonds is 5. The molecule has 0 aromatic heterocycles. The van der Waals surface area contributed by atoms with Crippen LogP contribution in [0.3, 0.4) is 0 Å². The van der Waals surface area contributed by atoms with Crippen LogP contribution in [0.25, 0.3) is 0 Å². The van der Waals surface area contributed by atoms with Crippen LogP contribution in [0.15, 0.2) is 18.2 Å². The number of hydrogen-bond acceptors (Lipinski definition) is 2. The van der Waals surface area contributed by atoms with Gasteiger partial charge in [0.2, 0.25) is 0 Å². The van der Waals surface area contributed by atoms with Gasteiger partial charge in [-0.1, -0.05) is 18.6 Å². The normalized spacial score (nSPS) is 16.6. The topological polar surface area (TPSA) is 41.1 Å². The molecular formula is C16H24N2O. The molecule has 1 aromatic carbocycles. The fourth-order valence-corrected chi connectivity index (χ4v) is 2.43. The van der Waals surface area contributed by atoms with Gasteiger partial charge in [-0.3, -0.25) is 4.79 Å². The SMILES string of the molecule is CCCNc1ccc(C)cc1C(=O)NC1(C)CCC1. The Morgan fingerprint density at radius 1 is 1.37 bits per heavy atom.